The first-order chi connectivity index (χ1) is 16.7. The van der Waals surface area contributed by atoms with Gasteiger partial charge in [-0.3, -0.25) is 9.59 Å². The van der Waals surface area contributed by atoms with E-state index in [1.807, 2.05) is 6.92 Å². The summed E-state index contributed by atoms with van der Waals surface area (Å²) in [6.07, 6.45) is -3.75. The Hall–Kier alpha value is -3.59. The number of alkyl halides is 3. The lowest BCUT2D eigenvalue weighted by molar-refractivity contribution is -0.140. The third-order valence-electron chi connectivity index (χ3n) is 5.54. The molecule has 1 unspecified atom stereocenters. The van der Waals surface area contributed by atoms with Crippen molar-refractivity contribution in [3.63, 3.8) is 0 Å². The Kier molecular flexibility index (Phi) is 6.98. The highest BCUT2D eigenvalue weighted by Gasteiger charge is 2.46. The number of likely N-dealkylation sites (tertiary alicyclic amines) is 1. The van der Waals surface area contributed by atoms with Crippen LogP contribution in [0.1, 0.15) is 41.0 Å². The van der Waals surface area contributed by atoms with Crippen molar-refractivity contribution in [2.45, 2.75) is 32.1 Å². The molecule has 2 heterocycles. The van der Waals surface area contributed by atoms with Gasteiger partial charge in [0, 0.05) is 17.0 Å². The highest BCUT2D eigenvalue weighted by atomic mass is 32.1. The number of rotatable bonds is 7. The minimum atomic E-state index is -4.54. The van der Waals surface area contributed by atoms with E-state index in [-0.39, 0.29) is 23.4 Å². The van der Waals surface area contributed by atoms with E-state index >= 15 is 0 Å². The molecule has 1 aliphatic heterocycles. The number of nitrogens with zero attached hydrogens (tertiary/aromatic N) is 1. The van der Waals surface area contributed by atoms with Crippen molar-refractivity contribution in [2.75, 3.05) is 6.61 Å². The maximum absolute atomic E-state index is 13.2. The van der Waals surface area contributed by atoms with E-state index in [2.05, 4.69) is 0 Å². The number of halogens is 3. The van der Waals surface area contributed by atoms with Crippen molar-refractivity contribution in [1.82, 2.24) is 4.90 Å². The van der Waals surface area contributed by atoms with Crippen LogP contribution in [0.25, 0.3) is 5.76 Å². The minimum absolute atomic E-state index is 0.114. The second kappa shape index (κ2) is 9.95. The monoisotopic (exact) mass is 501 g/mol. The van der Waals surface area contributed by atoms with Crippen LogP contribution in [0, 0.1) is 0 Å². The largest absolute Gasteiger partial charge is 0.507 e. The molecular formula is C26H22F3NO4S. The van der Waals surface area contributed by atoms with Crippen molar-refractivity contribution in [3.05, 3.63) is 93.2 Å². The summed E-state index contributed by atoms with van der Waals surface area (Å²) in [5.74, 6) is -1.65. The molecule has 1 fully saturated rings. The average molecular weight is 502 g/mol. The van der Waals surface area contributed by atoms with Gasteiger partial charge in [-0.25, -0.2) is 0 Å². The summed E-state index contributed by atoms with van der Waals surface area (Å²) in [4.78, 5) is 27.9. The Morgan fingerprint density at radius 2 is 1.86 bits per heavy atom. The topological polar surface area (TPSA) is 66.8 Å². The van der Waals surface area contributed by atoms with E-state index in [1.54, 1.807) is 41.8 Å². The second-order valence-corrected chi connectivity index (χ2v) is 9.00. The van der Waals surface area contributed by atoms with E-state index in [4.69, 9.17) is 4.74 Å². The molecule has 1 atom stereocenters. The summed E-state index contributed by atoms with van der Waals surface area (Å²) in [7, 11) is 0. The molecule has 1 aromatic heterocycles. The molecule has 0 aliphatic carbocycles. The summed E-state index contributed by atoms with van der Waals surface area (Å²) in [6, 6.07) is 13.7. The van der Waals surface area contributed by atoms with Crippen molar-refractivity contribution >= 4 is 28.8 Å². The van der Waals surface area contributed by atoms with Gasteiger partial charge in [0.15, 0.2) is 0 Å². The molecule has 3 aromatic rings. The number of Topliss-reactive ketones (excluding diaryl/α,β-unsaturated/α-hetero) is 1. The quantitative estimate of drug-likeness (QED) is 0.239. The van der Waals surface area contributed by atoms with Gasteiger partial charge in [0.25, 0.3) is 11.7 Å². The second-order valence-electron chi connectivity index (χ2n) is 8.02. The maximum Gasteiger partial charge on any atom is 0.416 e. The summed E-state index contributed by atoms with van der Waals surface area (Å²) < 4.78 is 45.2. The van der Waals surface area contributed by atoms with Crippen LogP contribution in [0.3, 0.4) is 0 Å². The number of aliphatic hydroxyl groups is 1. The molecule has 0 spiro atoms. The van der Waals surface area contributed by atoms with E-state index in [0.717, 1.165) is 18.6 Å². The summed E-state index contributed by atoms with van der Waals surface area (Å²) >= 11 is 1.28. The van der Waals surface area contributed by atoms with Crippen LogP contribution < -0.4 is 4.74 Å². The van der Waals surface area contributed by atoms with Crippen molar-refractivity contribution < 1.29 is 32.6 Å². The zero-order valence-electron chi connectivity index (χ0n) is 18.7. The molecule has 1 aliphatic rings. The summed E-state index contributed by atoms with van der Waals surface area (Å²) in [5.41, 5.74) is -0.435. The highest BCUT2D eigenvalue weighted by molar-refractivity contribution is 7.10. The van der Waals surface area contributed by atoms with Gasteiger partial charge < -0.3 is 14.7 Å². The van der Waals surface area contributed by atoms with Gasteiger partial charge in [-0.1, -0.05) is 37.3 Å². The number of benzene rings is 2. The van der Waals surface area contributed by atoms with E-state index in [1.165, 1.54) is 28.4 Å². The Balaban J connectivity index is 1.77. The average Bonchev–Trinajstić information content (AvgIpc) is 3.45. The van der Waals surface area contributed by atoms with Gasteiger partial charge in [0.05, 0.1) is 23.8 Å². The fraction of sp³-hybridized carbons (Fsp3) is 0.231. The van der Waals surface area contributed by atoms with E-state index in [9.17, 15) is 27.9 Å². The molecule has 4 rings (SSSR count). The summed E-state index contributed by atoms with van der Waals surface area (Å²) in [6.45, 7) is 2.20. The van der Waals surface area contributed by atoms with Crippen molar-refractivity contribution in [3.8, 4) is 5.75 Å². The van der Waals surface area contributed by atoms with Crippen LogP contribution in [-0.4, -0.2) is 28.3 Å². The third-order valence-corrected chi connectivity index (χ3v) is 6.46. The molecule has 1 saturated heterocycles. The number of hydrogen-bond acceptors (Lipinski definition) is 5. The number of amides is 1. The molecule has 0 saturated carbocycles. The lowest BCUT2D eigenvalue weighted by Crippen LogP contribution is -2.29. The molecular weight excluding hydrogens is 479 g/mol. The fourth-order valence-electron chi connectivity index (χ4n) is 3.94. The number of hydrogen-bond donors (Lipinski definition) is 1. The Morgan fingerprint density at radius 3 is 2.54 bits per heavy atom. The van der Waals surface area contributed by atoms with Gasteiger partial charge in [-0.05, 0) is 47.7 Å². The van der Waals surface area contributed by atoms with Gasteiger partial charge in [-0.2, -0.15) is 13.2 Å². The molecule has 5 nitrogen and oxygen atoms in total. The molecule has 182 valence electrons. The highest BCUT2D eigenvalue weighted by Crippen LogP contribution is 2.42. The first-order valence-electron chi connectivity index (χ1n) is 10.9. The van der Waals surface area contributed by atoms with Gasteiger partial charge in [0.1, 0.15) is 11.5 Å². The minimum Gasteiger partial charge on any atom is -0.507 e. The fourth-order valence-corrected chi connectivity index (χ4v) is 4.78. The third kappa shape index (κ3) is 5.09. The number of ether oxygens (including phenoxy) is 1. The number of carbonyl (C=O) groups excluding carboxylic acids is 2. The van der Waals surface area contributed by atoms with Crippen molar-refractivity contribution in [1.29, 1.82) is 0 Å². The number of thiophene rings is 1. The van der Waals surface area contributed by atoms with Crippen LogP contribution in [0.4, 0.5) is 13.2 Å². The maximum atomic E-state index is 13.2. The molecule has 1 amide bonds. The number of aliphatic hydroxyl groups excluding tert-OH is 1. The van der Waals surface area contributed by atoms with Crippen LogP contribution in [0.2, 0.25) is 0 Å². The van der Waals surface area contributed by atoms with Crippen LogP contribution in [0.5, 0.6) is 5.75 Å². The van der Waals surface area contributed by atoms with Gasteiger partial charge in [0.2, 0.25) is 0 Å². The lowest BCUT2D eigenvalue weighted by atomic mass is 9.99. The normalized spacial score (nSPS) is 17.7. The first kappa shape index (κ1) is 24.5. The van der Waals surface area contributed by atoms with Gasteiger partial charge in [-0.15, -0.1) is 11.3 Å². The Bertz CT molecular complexity index is 1270. The first-order valence-corrected chi connectivity index (χ1v) is 11.8. The molecule has 1 N–H and O–H groups in total. The Morgan fingerprint density at radius 1 is 1.09 bits per heavy atom. The van der Waals surface area contributed by atoms with Gasteiger partial charge >= 0.3 is 6.18 Å². The van der Waals surface area contributed by atoms with E-state index in [0.29, 0.717) is 22.8 Å². The zero-order valence-corrected chi connectivity index (χ0v) is 19.5. The molecule has 0 radical (unpaired) electrons. The van der Waals surface area contributed by atoms with E-state index < -0.39 is 29.5 Å². The smallest absolute Gasteiger partial charge is 0.416 e. The van der Waals surface area contributed by atoms with Crippen molar-refractivity contribution in [2.24, 2.45) is 0 Å². The Labute approximate surface area is 204 Å². The van der Waals surface area contributed by atoms with Crippen LogP contribution >= 0.6 is 11.3 Å². The predicted molar refractivity (Wildman–Crippen MR) is 126 cm³/mol. The molecule has 9 heteroatoms. The SMILES string of the molecule is CCCOc1cccc(/C(O)=C2/C(=O)C(=O)N(Cc3cccc(C(F)(F)F)c3)C2c2cccs2)c1. The van der Waals surface area contributed by atoms with Crippen LogP contribution in [-0.2, 0) is 22.3 Å². The number of carbonyl (C=O) groups is 2. The zero-order chi connectivity index (χ0) is 25.2. The molecule has 35 heavy (non-hydrogen) atoms. The summed E-state index contributed by atoms with van der Waals surface area (Å²) in [5, 5.41) is 12.9. The molecule has 0 bridgehead atoms. The number of ketones is 1. The molecule has 2 aromatic carbocycles. The van der Waals surface area contributed by atoms with Crippen LogP contribution in [0.15, 0.2) is 71.6 Å². The lowest BCUT2D eigenvalue weighted by Gasteiger charge is -2.24. The predicted octanol–water partition coefficient (Wildman–Crippen LogP) is 6.18. The standard InChI is InChI=1S/C26H22F3NO4S/c1-2-11-34-19-9-4-7-17(14-19)23(31)21-22(20-10-5-12-35-20)30(25(33)24(21)32)15-16-6-3-8-18(13-16)26(27,28)29/h3-10,12-14,22,31H,2,11,15H2,1H3/b23-21-.